The first-order valence-corrected chi connectivity index (χ1v) is 9.83. The number of benzene rings is 1. The lowest BCUT2D eigenvalue weighted by molar-refractivity contribution is -0.140. The number of likely N-dealkylation sites (N-methyl/N-ethyl adjacent to an activating group) is 1. The Labute approximate surface area is 157 Å². The minimum Gasteiger partial charge on any atom is -0.371 e. The summed E-state index contributed by atoms with van der Waals surface area (Å²) in [6.07, 6.45) is 1.82. The Kier molecular flexibility index (Phi) is 5.83. The van der Waals surface area contributed by atoms with E-state index in [0.29, 0.717) is 23.6 Å². The van der Waals surface area contributed by atoms with Gasteiger partial charge in [-0.3, -0.25) is 9.69 Å². The summed E-state index contributed by atoms with van der Waals surface area (Å²) < 4.78 is 0. The van der Waals surface area contributed by atoms with Crippen LogP contribution in [0, 0.1) is 17.2 Å². The molecule has 2 atom stereocenters. The van der Waals surface area contributed by atoms with Crippen LogP contribution in [0.2, 0.25) is 0 Å². The Morgan fingerprint density at radius 3 is 2.19 bits per heavy atom. The molecule has 2 heterocycles. The van der Waals surface area contributed by atoms with Crippen molar-refractivity contribution in [1.82, 2.24) is 9.80 Å². The third-order valence-electron chi connectivity index (χ3n) is 5.98. The van der Waals surface area contributed by atoms with Gasteiger partial charge in [0, 0.05) is 49.9 Å². The number of piperazine rings is 1. The molecule has 0 aliphatic carbocycles. The van der Waals surface area contributed by atoms with Crippen molar-refractivity contribution >= 4 is 11.6 Å². The minimum atomic E-state index is 0.150. The van der Waals surface area contributed by atoms with Crippen molar-refractivity contribution < 1.29 is 4.79 Å². The highest BCUT2D eigenvalue weighted by molar-refractivity contribution is 5.79. The van der Waals surface area contributed by atoms with Crippen molar-refractivity contribution in [3.05, 3.63) is 29.8 Å². The molecule has 0 N–H and O–H groups in total. The van der Waals surface area contributed by atoms with Crippen LogP contribution in [0.5, 0.6) is 0 Å². The first-order chi connectivity index (χ1) is 12.5. The van der Waals surface area contributed by atoms with E-state index >= 15 is 0 Å². The number of carbonyl (C=O) groups is 1. The molecule has 5 heteroatoms. The molecule has 5 nitrogen and oxygen atoms in total. The molecule has 26 heavy (non-hydrogen) atoms. The predicted octanol–water partition coefficient (Wildman–Crippen LogP) is 2.72. The normalized spacial score (nSPS) is 25.2. The summed E-state index contributed by atoms with van der Waals surface area (Å²) in [5.74, 6) is 0.496. The molecule has 3 rings (SSSR count). The third-order valence-corrected chi connectivity index (χ3v) is 5.98. The fraction of sp³-hybridized carbons (Fsp3) is 0.619. The number of piperidine rings is 1. The number of anilines is 1. The molecule has 0 aromatic heterocycles. The molecule has 2 aliphatic heterocycles. The van der Waals surface area contributed by atoms with Gasteiger partial charge < -0.3 is 9.80 Å². The van der Waals surface area contributed by atoms with Crippen molar-refractivity contribution in [3.8, 4) is 6.07 Å². The molecule has 2 aliphatic rings. The van der Waals surface area contributed by atoms with Gasteiger partial charge in [0.1, 0.15) is 0 Å². The zero-order valence-corrected chi connectivity index (χ0v) is 16.2. The van der Waals surface area contributed by atoms with Crippen molar-refractivity contribution in [3.63, 3.8) is 0 Å². The van der Waals surface area contributed by atoms with E-state index in [4.69, 9.17) is 5.26 Å². The summed E-state index contributed by atoms with van der Waals surface area (Å²) in [6, 6.07) is 10.8. The van der Waals surface area contributed by atoms with Crippen molar-refractivity contribution in [2.75, 3.05) is 37.6 Å². The predicted molar refractivity (Wildman–Crippen MR) is 104 cm³/mol. The quantitative estimate of drug-likeness (QED) is 0.837. The molecule has 0 spiro atoms. The minimum absolute atomic E-state index is 0.150. The standard InChI is InChI=1S/C21H30N4O/c1-4-25-16(2)14-24(15-17(25)3)21(26)19-9-11-23(12-10-19)20-7-5-18(13-22)6-8-20/h5-8,16-17,19H,4,9-12,14-15H2,1-3H3/t16-,17-/m0/s1. The number of nitrogens with zero attached hydrogens (tertiary/aromatic N) is 4. The van der Waals surface area contributed by atoms with E-state index in [2.05, 4.69) is 41.5 Å². The molecule has 0 radical (unpaired) electrons. The van der Waals surface area contributed by atoms with E-state index in [9.17, 15) is 4.79 Å². The molecular weight excluding hydrogens is 324 g/mol. The van der Waals surface area contributed by atoms with Crippen LogP contribution in [0.15, 0.2) is 24.3 Å². The van der Waals surface area contributed by atoms with Crippen LogP contribution in [0.4, 0.5) is 5.69 Å². The second-order valence-electron chi connectivity index (χ2n) is 7.69. The van der Waals surface area contributed by atoms with Crippen LogP contribution < -0.4 is 4.90 Å². The molecule has 2 saturated heterocycles. The average Bonchev–Trinajstić information content (AvgIpc) is 2.67. The molecule has 0 unspecified atom stereocenters. The monoisotopic (exact) mass is 354 g/mol. The van der Waals surface area contributed by atoms with E-state index in [-0.39, 0.29) is 5.92 Å². The largest absolute Gasteiger partial charge is 0.371 e. The summed E-state index contributed by atoms with van der Waals surface area (Å²) in [6.45, 7) is 11.2. The van der Waals surface area contributed by atoms with E-state index < -0.39 is 0 Å². The van der Waals surface area contributed by atoms with Gasteiger partial charge in [0.05, 0.1) is 11.6 Å². The lowest BCUT2D eigenvalue weighted by Gasteiger charge is -2.45. The van der Waals surface area contributed by atoms with Crippen LogP contribution in [-0.2, 0) is 4.79 Å². The first-order valence-electron chi connectivity index (χ1n) is 9.83. The van der Waals surface area contributed by atoms with Crippen molar-refractivity contribution in [1.29, 1.82) is 5.26 Å². The Morgan fingerprint density at radius 1 is 1.12 bits per heavy atom. The van der Waals surface area contributed by atoms with Gasteiger partial charge in [-0.05, 0) is 57.5 Å². The molecule has 2 fully saturated rings. The average molecular weight is 354 g/mol. The van der Waals surface area contributed by atoms with Gasteiger partial charge >= 0.3 is 0 Å². The van der Waals surface area contributed by atoms with Crippen LogP contribution in [0.25, 0.3) is 0 Å². The number of carbonyl (C=O) groups excluding carboxylic acids is 1. The number of hydrogen-bond donors (Lipinski definition) is 0. The SMILES string of the molecule is CCN1[C@@H](C)CN(C(=O)C2CCN(c3ccc(C#N)cc3)CC2)C[C@@H]1C. The lowest BCUT2D eigenvalue weighted by atomic mass is 9.93. The van der Waals surface area contributed by atoms with Gasteiger partial charge in [0.25, 0.3) is 0 Å². The maximum atomic E-state index is 13.0. The molecular formula is C21H30N4O. The zero-order chi connectivity index (χ0) is 18.7. The van der Waals surface area contributed by atoms with E-state index in [1.165, 1.54) is 0 Å². The summed E-state index contributed by atoms with van der Waals surface area (Å²) >= 11 is 0. The Morgan fingerprint density at radius 2 is 1.69 bits per heavy atom. The molecule has 0 saturated carbocycles. The summed E-state index contributed by atoms with van der Waals surface area (Å²) in [5.41, 5.74) is 1.84. The second-order valence-corrected chi connectivity index (χ2v) is 7.69. The molecule has 140 valence electrons. The van der Waals surface area contributed by atoms with Gasteiger partial charge in [0.2, 0.25) is 5.91 Å². The topological polar surface area (TPSA) is 50.6 Å². The fourth-order valence-electron chi connectivity index (χ4n) is 4.55. The molecule has 1 aromatic rings. The number of rotatable bonds is 3. The Hall–Kier alpha value is -2.06. The van der Waals surface area contributed by atoms with Gasteiger partial charge in [-0.1, -0.05) is 6.92 Å². The Bertz CT molecular complexity index is 646. The second kappa shape index (κ2) is 8.09. The summed E-state index contributed by atoms with van der Waals surface area (Å²) in [7, 11) is 0. The van der Waals surface area contributed by atoms with Crippen molar-refractivity contribution in [2.45, 2.75) is 45.7 Å². The molecule has 0 bridgehead atoms. The summed E-state index contributed by atoms with van der Waals surface area (Å²) in [4.78, 5) is 19.9. The van der Waals surface area contributed by atoms with Gasteiger partial charge in [-0.15, -0.1) is 0 Å². The van der Waals surface area contributed by atoms with Gasteiger partial charge in [0.15, 0.2) is 0 Å². The van der Waals surface area contributed by atoms with Gasteiger partial charge in [-0.2, -0.15) is 5.26 Å². The van der Waals surface area contributed by atoms with Crippen LogP contribution in [0.3, 0.4) is 0 Å². The smallest absolute Gasteiger partial charge is 0.225 e. The van der Waals surface area contributed by atoms with Crippen LogP contribution in [-0.4, -0.2) is 60.5 Å². The highest BCUT2D eigenvalue weighted by Gasteiger charge is 2.34. The van der Waals surface area contributed by atoms with Crippen molar-refractivity contribution in [2.24, 2.45) is 5.92 Å². The summed E-state index contributed by atoms with van der Waals surface area (Å²) in [5, 5.41) is 8.92. The zero-order valence-electron chi connectivity index (χ0n) is 16.2. The maximum Gasteiger partial charge on any atom is 0.225 e. The lowest BCUT2D eigenvalue weighted by Crippen LogP contribution is -2.59. The molecule has 1 aromatic carbocycles. The maximum absolute atomic E-state index is 13.0. The highest BCUT2D eigenvalue weighted by atomic mass is 16.2. The first kappa shape index (κ1) is 18.7. The number of amides is 1. The van der Waals surface area contributed by atoms with E-state index in [0.717, 1.165) is 51.3 Å². The third kappa shape index (κ3) is 3.86. The number of nitriles is 1. The molecule has 1 amide bonds. The van der Waals surface area contributed by atoms with Crippen LogP contribution in [0.1, 0.15) is 39.2 Å². The van der Waals surface area contributed by atoms with E-state index in [1.54, 1.807) is 0 Å². The fourth-order valence-corrected chi connectivity index (χ4v) is 4.55. The highest BCUT2D eigenvalue weighted by Crippen LogP contribution is 2.26. The Balaban J connectivity index is 1.56. The number of hydrogen-bond acceptors (Lipinski definition) is 4. The van der Waals surface area contributed by atoms with Crippen LogP contribution >= 0.6 is 0 Å². The van der Waals surface area contributed by atoms with E-state index in [1.807, 2.05) is 24.3 Å². The van der Waals surface area contributed by atoms with Gasteiger partial charge in [-0.25, -0.2) is 0 Å².